The summed E-state index contributed by atoms with van der Waals surface area (Å²) in [4.78, 5) is 0. The summed E-state index contributed by atoms with van der Waals surface area (Å²) < 4.78 is 5.66. The smallest absolute Gasteiger partial charge is 0.119 e. The average Bonchev–Trinajstić information content (AvgIpc) is 2.99. The molecule has 0 amide bonds. The van der Waals surface area contributed by atoms with Crippen LogP contribution in [0.15, 0.2) is 24.3 Å². The Bertz CT molecular complexity index is 301. The van der Waals surface area contributed by atoms with Crippen molar-refractivity contribution in [3.05, 3.63) is 29.8 Å². The van der Waals surface area contributed by atoms with Gasteiger partial charge < -0.3 is 10.5 Å². The van der Waals surface area contributed by atoms with E-state index in [0.29, 0.717) is 0 Å². The lowest BCUT2D eigenvalue weighted by Crippen LogP contribution is -2.17. The standard InChI is InChI=1S/C13H19NO/c1-10(14)8-11-4-6-13(7-5-11)15-9-12-2-3-12/h4-7,10,12H,2-3,8-9,14H2,1H3. The van der Waals surface area contributed by atoms with E-state index in [9.17, 15) is 0 Å². The van der Waals surface area contributed by atoms with Crippen LogP contribution in [0.25, 0.3) is 0 Å². The third-order valence-corrected chi connectivity index (χ3v) is 2.66. The molecule has 2 rings (SSSR count). The summed E-state index contributed by atoms with van der Waals surface area (Å²) >= 11 is 0. The summed E-state index contributed by atoms with van der Waals surface area (Å²) in [7, 11) is 0. The molecule has 0 radical (unpaired) electrons. The molecule has 1 saturated carbocycles. The maximum Gasteiger partial charge on any atom is 0.119 e. The highest BCUT2D eigenvalue weighted by Crippen LogP contribution is 2.29. The zero-order chi connectivity index (χ0) is 10.7. The Balaban J connectivity index is 1.85. The van der Waals surface area contributed by atoms with Gasteiger partial charge in [0.05, 0.1) is 6.61 Å². The predicted octanol–water partition coefficient (Wildman–Crippen LogP) is 2.37. The molecule has 15 heavy (non-hydrogen) atoms. The Hall–Kier alpha value is -1.02. The lowest BCUT2D eigenvalue weighted by molar-refractivity contribution is 0.299. The van der Waals surface area contributed by atoms with Gasteiger partial charge in [-0.05, 0) is 49.8 Å². The second-order valence-corrected chi connectivity index (χ2v) is 4.58. The van der Waals surface area contributed by atoms with Crippen LogP contribution in [0.1, 0.15) is 25.3 Å². The molecule has 0 bridgehead atoms. The zero-order valence-electron chi connectivity index (χ0n) is 9.28. The molecule has 2 nitrogen and oxygen atoms in total. The van der Waals surface area contributed by atoms with Crippen molar-refractivity contribution in [3.8, 4) is 5.75 Å². The Morgan fingerprint density at radius 2 is 2.00 bits per heavy atom. The van der Waals surface area contributed by atoms with E-state index in [1.54, 1.807) is 0 Å². The van der Waals surface area contributed by atoms with Gasteiger partial charge in [-0.2, -0.15) is 0 Å². The fourth-order valence-corrected chi connectivity index (χ4v) is 1.59. The fourth-order valence-electron chi connectivity index (χ4n) is 1.59. The molecular formula is C13H19NO. The first kappa shape index (κ1) is 10.5. The van der Waals surface area contributed by atoms with Crippen molar-refractivity contribution in [2.24, 2.45) is 11.7 Å². The third-order valence-electron chi connectivity index (χ3n) is 2.66. The molecular weight excluding hydrogens is 186 g/mol. The van der Waals surface area contributed by atoms with Gasteiger partial charge in [-0.3, -0.25) is 0 Å². The van der Waals surface area contributed by atoms with Crippen LogP contribution >= 0.6 is 0 Å². The van der Waals surface area contributed by atoms with E-state index >= 15 is 0 Å². The minimum atomic E-state index is 0.225. The van der Waals surface area contributed by atoms with Gasteiger partial charge in [0.2, 0.25) is 0 Å². The van der Waals surface area contributed by atoms with E-state index in [1.165, 1.54) is 18.4 Å². The number of rotatable bonds is 5. The van der Waals surface area contributed by atoms with Gasteiger partial charge in [0.1, 0.15) is 5.75 Å². The Morgan fingerprint density at radius 1 is 1.33 bits per heavy atom. The molecule has 1 aromatic carbocycles. The van der Waals surface area contributed by atoms with E-state index in [0.717, 1.165) is 24.7 Å². The molecule has 1 unspecified atom stereocenters. The molecule has 1 fully saturated rings. The zero-order valence-corrected chi connectivity index (χ0v) is 9.28. The summed E-state index contributed by atoms with van der Waals surface area (Å²) in [6.45, 7) is 2.91. The maximum absolute atomic E-state index is 5.74. The minimum absolute atomic E-state index is 0.225. The van der Waals surface area contributed by atoms with Gasteiger partial charge in [-0.15, -0.1) is 0 Å². The molecule has 0 saturated heterocycles. The van der Waals surface area contributed by atoms with Crippen LogP contribution < -0.4 is 10.5 Å². The summed E-state index contributed by atoms with van der Waals surface area (Å²) in [6, 6.07) is 8.51. The molecule has 0 aliphatic heterocycles. The summed E-state index contributed by atoms with van der Waals surface area (Å²) in [5.74, 6) is 1.80. The summed E-state index contributed by atoms with van der Waals surface area (Å²) in [5.41, 5.74) is 7.02. The van der Waals surface area contributed by atoms with Gasteiger partial charge >= 0.3 is 0 Å². The molecule has 2 heteroatoms. The largest absolute Gasteiger partial charge is 0.493 e. The van der Waals surface area contributed by atoms with E-state index in [-0.39, 0.29) is 6.04 Å². The fraction of sp³-hybridized carbons (Fsp3) is 0.538. The van der Waals surface area contributed by atoms with Crippen LogP contribution in [0, 0.1) is 5.92 Å². The molecule has 1 aliphatic carbocycles. The Morgan fingerprint density at radius 3 is 2.53 bits per heavy atom. The van der Waals surface area contributed by atoms with E-state index in [4.69, 9.17) is 10.5 Å². The normalized spacial score (nSPS) is 17.5. The van der Waals surface area contributed by atoms with Crippen LogP contribution in [0.5, 0.6) is 5.75 Å². The maximum atomic E-state index is 5.74. The number of hydrogen-bond acceptors (Lipinski definition) is 2. The Kier molecular flexibility index (Phi) is 3.27. The highest BCUT2D eigenvalue weighted by Gasteiger charge is 2.21. The second kappa shape index (κ2) is 4.67. The van der Waals surface area contributed by atoms with Gasteiger partial charge in [0.15, 0.2) is 0 Å². The van der Waals surface area contributed by atoms with Crippen molar-refractivity contribution < 1.29 is 4.74 Å². The number of benzene rings is 1. The van der Waals surface area contributed by atoms with Gasteiger partial charge in [-0.25, -0.2) is 0 Å². The monoisotopic (exact) mass is 205 g/mol. The van der Waals surface area contributed by atoms with Crippen molar-refractivity contribution in [1.82, 2.24) is 0 Å². The summed E-state index contributed by atoms with van der Waals surface area (Å²) in [5, 5.41) is 0. The van der Waals surface area contributed by atoms with Crippen molar-refractivity contribution in [3.63, 3.8) is 0 Å². The van der Waals surface area contributed by atoms with Crippen LogP contribution in [0.3, 0.4) is 0 Å². The van der Waals surface area contributed by atoms with Crippen molar-refractivity contribution >= 4 is 0 Å². The molecule has 2 N–H and O–H groups in total. The van der Waals surface area contributed by atoms with Crippen molar-refractivity contribution in [2.45, 2.75) is 32.2 Å². The van der Waals surface area contributed by atoms with Crippen molar-refractivity contribution in [2.75, 3.05) is 6.61 Å². The van der Waals surface area contributed by atoms with Gasteiger partial charge in [0, 0.05) is 6.04 Å². The predicted molar refractivity (Wildman–Crippen MR) is 62.0 cm³/mol. The second-order valence-electron chi connectivity index (χ2n) is 4.58. The lowest BCUT2D eigenvalue weighted by atomic mass is 10.1. The van der Waals surface area contributed by atoms with Gasteiger partial charge in [-0.1, -0.05) is 12.1 Å². The minimum Gasteiger partial charge on any atom is -0.493 e. The first-order chi connectivity index (χ1) is 7.24. The van der Waals surface area contributed by atoms with Gasteiger partial charge in [0.25, 0.3) is 0 Å². The molecule has 0 aromatic heterocycles. The molecule has 1 aliphatic rings. The number of hydrogen-bond donors (Lipinski definition) is 1. The van der Waals surface area contributed by atoms with Crippen LogP contribution in [0.2, 0.25) is 0 Å². The highest BCUT2D eigenvalue weighted by molar-refractivity contribution is 5.27. The first-order valence-electron chi connectivity index (χ1n) is 5.71. The topological polar surface area (TPSA) is 35.2 Å². The van der Waals surface area contributed by atoms with Crippen molar-refractivity contribution in [1.29, 1.82) is 0 Å². The van der Waals surface area contributed by atoms with Crippen LogP contribution in [-0.4, -0.2) is 12.6 Å². The summed E-state index contributed by atoms with van der Waals surface area (Å²) in [6.07, 6.45) is 3.61. The third kappa shape index (κ3) is 3.56. The average molecular weight is 205 g/mol. The van der Waals surface area contributed by atoms with Crippen LogP contribution in [-0.2, 0) is 6.42 Å². The SMILES string of the molecule is CC(N)Cc1ccc(OCC2CC2)cc1. The van der Waals surface area contributed by atoms with E-state index < -0.39 is 0 Å². The van der Waals surface area contributed by atoms with E-state index in [1.807, 2.05) is 19.1 Å². The highest BCUT2D eigenvalue weighted by atomic mass is 16.5. The molecule has 1 aromatic rings. The number of nitrogens with two attached hydrogens (primary N) is 1. The lowest BCUT2D eigenvalue weighted by Gasteiger charge is -2.07. The molecule has 0 spiro atoms. The molecule has 82 valence electrons. The van der Waals surface area contributed by atoms with E-state index in [2.05, 4.69) is 12.1 Å². The molecule has 0 heterocycles. The van der Waals surface area contributed by atoms with Crippen LogP contribution in [0.4, 0.5) is 0 Å². The first-order valence-corrected chi connectivity index (χ1v) is 5.71. The quantitative estimate of drug-likeness (QED) is 0.801. The number of ether oxygens (including phenoxy) is 1. The Labute approximate surface area is 91.4 Å². The molecule has 1 atom stereocenters.